The molecule has 2 bridgehead atoms. The number of hydrogen-bond donors (Lipinski definition) is 1. The summed E-state index contributed by atoms with van der Waals surface area (Å²) in [5, 5.41) is 9.91. The smallest absolute Gasteiger partial charge is 0.428 e. The maximum Gasteiger partial charge on any atom is 0.428 e. The molecule has 4 atom stereocenters. The molecule has 1 heterocycles. The fraction of sp³-hybridized carbons (Fsp3) is 0.759. The number of carbonyl (C=O) groups excluding carboxylic acids is 1. The molecule has 4 nitrogen and oxygen atoms in total. The average molecular weight is 598 g/mol. The first-order valence-corrected chi connectivity index (χ1v) is 14.2. The number of ether oxygens (including phenoxy) is 1. The van der Waals surface area contributed by atoms with E-state index in [1.807, 2.05) is 0 Å². The second-order valence-corrected chi connectivity index (χ2v) is 13.2. The third-order valence-electron chi connectivity index (χ3n) is 9.49. The minimum Gasteiger partial charge on any atom is -0.493 e. The number of halogens is 8. The molecule has 1 aromatic carbocycles. The fourth-order valence-electron chi connectivity index (χ4n) is 7.99. The van der Waals surface area contributed by atoms with E-state index in [0.717, 1.165) is 44.2 Å². The number of carbonyl (C=O) groups is 1. The maximum absolute atomic E-state index is 15.4. The van der Waals surface area contributed by atoms with E-state index >= 15 is 4.39 Å². The molecule has 230 valence electrons. The van der Waals surface area contributed by atoms with Gasteiger partial charge in [0.05, 0.1) is 24.8 Å². The van der Waals surface area contributed by atoms with Gasteiger partial charge in [-0.3, -0.25) is 4.79 Å². The number of aliphatic hydroxyl groups is 1. The van der Waals surface area contributed by atoms with Crippen molar-refractivity contribution in [3.05, 3.63) is 29.1 Å². The lowest BCUT2D eigenvalue weighted by Gasteiger charge is -2.49. The van der Waals surface area contributed by atoms with Gasteiger partial charge >= 0.3 is 12.4 Å². The van der Waals surface area contributed by atoms with E-state index in [2.05, 4.69) is 13.8 Å². The van der Waals surface area contributed by atoms with Crippen LogP contribution in [0.15, 0.2) is 12.1 Å². The van der Waals surface area contributed by atoms with E-state index in [9.17, 15) is 40.6 Å². The van der Waals surface area contributed by atoms with Crippen LogP contribution >= 0.6 is 0 Å². The molecule has 1 amide bonds. The molecule has 5 rings (SSSR count). The highest BCUT2D eigenvalue weighted by Crippen LogP contribution is 2.54. The molecule has 1 saturated heterocycles. The molecule has 1 aliphatic heterocycles. The van der Waals surface area contributed by atoms with Crippen molar-refractivity contribution in [3.8, 4) is 5.75 Å². The Hall–Kier alpha value is -2.11. The molecule has 1 N–H and O–H groups in total. The monoisotopic (exact) mass is 597 g/mol. The molecule has 2 unspecified atom stereocenters. The van der Waals surface area contributed by atoms with Gasteiger partial charge < -0.3 is 14.7 Å². The summed E-state index contributed by atoms with van der Waals surface area (Å²) < 4.78 is 117. The van der Waals surface area contributed by atoms with E-state index in [1.165, 1.54) is 0 Å². The highest BCUT2D eigenvalue weighted by atomic mass is 19.4. The van der Waals surface area contributed by atoms with Gasteiger partial charge in [-0.05, 0) is 80.2 Å². The normalized spacial score (nSPS) is 32.8. The summed E-state index contributed by atoms with van der Waals surface area (Å²) in [7, 11) is 0. The molecule has 12 heteroatoms. The number of alkyl halides is 7. The van der Waals surface area contributed by atoms with E-state index < -0.39 is 60.4 Å². The lowest BCUT2D eigenvalue weighted by atomic mass is 9.57. The van der Waals surface area contributed by atoms with Crippen LogP contribution in [0, 0.1) is 29.0 Å². The van der Waals surface area contributed by atoms with Crippen LogP contribution in [0.4, 0.5) is 35.1 Å². The Labute approximate surface area is 233 Å². The SMILES string of the molecule is CC1CC2CC(C)CC(COc3cc(F)c(C(=O)N4C[C@H](F)C[C@H]4C(O)(C(F)(F)F)C(F)(F)F)cc3C3CC3)(C1)C2. The fourth-order valence-corrected chi connectivity index (χ4v) is 7.99. The standard InChI is InChI=1S/C29H35F8NO3/c1-15-5-17-6-16(2)11-26(10-15,12-17)14-41-23-9-22(31)21(8-20(23)18-3-4-18)25(39)38-13-19(30)7-24(38)27(40,28(32,33)34)29(35,36)37/h8-9,15-19,24,40H,3-7,10-14H2,1-2H3/t15?,16?,17?,19-,24+,26?/m1/s1. The number of rotatable bonds is 6. The Bertz CT molecular complexity index is 1130. The third kappa shape index (κ3) is 5.54. The number of fused-ring (bicyclic) bond motifs is 2. The number of nitrogens with zero attached hydrogens (tertiary/aromatic N) is 1. The summed E-state index contributed by atoms with van der Waals surface area (Å²) in [6, 6.07) is -0.940. The van der Waals surface area contributed by atoms with Gasteiger partial charge in [-0.25, -0.2) is 8.78 Å². The Balaban J connectivity index is 1.44. The van der Waals surface area contributed by atoms with Crippen molar-refractivity contribution in [2.24, 2.45) is 23.2 Å². The minimum absolute atomic E-state index is 0.0345. The summed E-state index contributed by atoms with van der Waals surface area (Å²) in [6.45, 7) is 3.61. The average Bonchev–Trinajstić information content (AvgIpc) is 3.60. The van der Waals surface area contributed by atoms with Gasteiger partial charge in [-0.2, -0.15) is 26.3 Å². The van der Waals surface area contributed by atoms with E-state index in [-0.39, 0.29) is 22.0 Å². The van der Waals surface area contributed by atoms with Crippen LogP contribution in [0.2, 0.25) is 0 Å². The molecule has 0 spiro atoms. The molecule has 0 aromatic heterocycles. The Morgan fingerprint density at radius 1 is 1.00 bits per heavy atom. The highest BCUT2D eigenvalue weighted by molar-refractivity contribution is 5.95. The van der Waals surface area contributed by atoms with Crippen molar-refractivity contribution in [1.82, 2.24) is 4.90 Å². The van der Waals surface area contributed by atoms with Crippen LogP contribution < -0.4 is 4.74 Å². The van der Waals surface area contributed by atoms with Gasteiger partial charge in [-0.1, -0.05) is 13.8 Å². The first-order valence-electron chi connectivity index (χ1n) is 14.2. The lowest BCUT2D eigenvalue weighted by molar-refractivity contribution is -0.380. The van der Waals surface area contributed by atoms with E-state index in [4.69, 9.17) is 4.74 Å². The second kappa shape index (κ2) is 10.3. The maximum atomic E-state index is 15.4. The molecule has 4 aliphatic rings. The van der Waals surface area contributed by atoms with Crippen molar-refractivity contribution in [1.29, 1.82) is 0 Å². The number of benzene rings is 1. The lowest BCUT2D eigenvalue weighted by Crippen LogP contribution is -2.67. The molecular weight excluding hydrogens is 562 g/mol. The molecule has 3 saturated carbocycles. The van der Waals surface area contributed by atoms with E-state index in [0.29, 0.717) is 42.8 Å². The van der Waals surface area contributed by atoms with Gasteiger partial charge in [0.2, 0.25) is 0 Å². The predicted octanol–water partition coefficient (Wildman–Crippen LogP) is 7.34. The molecule has 41 heavy (non-hydrogen) atoms. The largest absolute Gasteiger partial charge is 0.493 e. The minimum atomic E-state index is -6.26. The van der Waals surface area contributed by atoms with Crippen molar-refractivity contribution in [2.75, 3.05) is 13.2 Å². The zero-order valence-corrected chi connectivity index (χ0v) is 22.9. The molecule has 0 radical (unpaired) electrons. The molecular formula is C29H35F8NO3. The third-order valence-corrected chi connectivity index (χ3v) is 9.49. The number of amides is 1. The van der Waals surface area contributed by atoms with Crippen LogP contribution in [0.3, 0.4) is 0 Å². The molecule has 1 aromatic rings. The predicted molar refractivity (Wildman–Crippen MR) is 133 cm³/mol. The molecule has 4 fully saturated rings. The number of hydrogen-bond acceptors (Lipinski definition) is 3. The van der Waals surface area contributed by atoms with Crippen molar-refractivity contribution >= 4 is 5.91 Å². The highest BCUT2D eigenvalue weighted by Gasteiger charge is 2.76. The summed E-state index contributed by atoms with van der Waals surface area (Å²) >= 11 is 0. The summed E-state index contributed by atoms with van der Waals surface area (Å²) in [5.41, 5.74) is -5.80. The summed E-state index contributed by atoms with van der Waals surface area (Å²) in [5.74, 6) is -1.02. The first-order chi connectivity index (χ1) is 18.9. The summed E-state index contributed by atoms with van der Waals surface area (Å²) in [4.78, 5) is 13.2. The topological polar surface area (TPSA) is 49.8 Å². The van der Waals surface area contributed by atoms with Crippen LogP contribution in [-0.4, -0.2) is 59.2 Å². The van der Waals surface area contributed by atoms with Gasteiger partial charge in [0.25, 0.3) is 11.5 Å². The van der Waals surface area contributed by atoms with Crippen LogP contribution in [0.5, 0.6) is 5.75 Å². The van der Waals surface area contributed by atoms with Gasteiger partial charge in [0.1, 0.15) is 17.7 Å². The van der Waals surface area contributed by atoms with Crippen molar-refractivity contribution < 1.29 is 49.8 Å². The van der Waals surface area contributed by atoms with E-state index in [1.54, 1.807) is 0 Å². The van der Waals surface area contributed by atoms with Gasteiger partial charge in [0.15, 0.2) is 0 Å². The van der Waals surface area contributed by atoms with Crippen molar-refractivity contribution in [2.45, 2.75) is 101 Å². The van der Waals surface area contributed by atoms with Crippen LogP contribution in [-0.2, 0) is 0 Å². The first kappa shape index (κ1) is 30.4. The van der Waals surface area contributed by atoms with Crippen molar-refractivity contribution in [3.63, 3.8) is 0 Å². The second-order valence-electron chi connectivity index (χ2n) is 13.2. The Kier molecular flexibility index (Phi) is 7.60. The summed E-state index contributed by atoms with van der Waals surface area (Å²) in [6.07, 6.45) is -9.58. The van der Waals surface area contributed by atoms with Gasteiger partial charge in [-0.15, -0.1) is 0 Å². The zero-order valence-electron chi connectivity index (χ0n) is 22.9. The van der Waals surface area contributed by atoms with Gasteiger partial charge in [0, 0.05) is 17.9 Å². The number of likely N-dealkylation sites (tertiary alicyclic amines) is 1. The zero-order chi connectivity index (χ0) is 30.1. The Morgan fingerprint density at radius 3 is 2.12 bits per heavy atom. The Morgan fingerprint density at radius 2 is 1.59 bits per heavy atom. The van der Waals surface area contributed by atoms with Crippen LogP contribution in [0.25, 0.3) is 0 Å². The quantitative estimate of drug-likeness (QED) is 0.349. The molecule has 3 aliphatic carbocycles. The van der Waals surface area contributed by atoms with Crippen LogP contribution in [0.1, 0.15) is 87.1 Å².